The Bertz CT molecular complexity index is 655. The third-order valence-electron chi connectivity index (χ3n) is 6.03. The molecule has 27 heavy (non-hydrogen) atoms. The Labute approximate surface area is 163 Å². The number of nitrogens with zero attached hydrogens (tertiary/aromatic N) is 2. The number of piperidine rings is 2. The Hall–Kier alpha value is -1.78. The monoisotopic (exact) mass is 367 g/mol. The summed E-state index contributed by atoms with van der Waals surface area (Å²) in [5.41, 5.74) is 2.73. The van der Waals surface area contributed by atoms with Gasteiger partial charge in [0.05, 0.1) is 12.3 Å². The molecule has 0 unspecified atom stereocenters. The molecule has 4 nitrogen and oxygen atoms in total. The minimum absolute atomic E-state index is 0.341. The van der Waals surface area contributed by atoms with Crippen LogP contribution in [0.4, 0.5) is 5.69 Å². The predicted molar refractivity (Wildman–Crippen MR) is 111 cm³/mol. The highest BCUT2D eigenvalue weighted by molar-refractivity contribution is 5.47. The van der Waals surface area contributed by atoms with Crippen molar-refractivity contribution >= 4 is 5.69 Å². The lowest BCUT2D eigenvalue weighted by Crippen LogP contribution is -2.38. The van der Waals surface area contributed by atoms with Gasteiger partial charge >= 0.3 is 0 Å². The standard InChI is InChI=1S/C23H33N3O/c1-3-13-25(14-4-1)21-11-9-20(10-12-21)18-24-19-22(23-8-7-17-27-23)26-15-5-2-6-16-26/h7-12,17,22,24H,1-6,13-16,18-19H2/t22-/m0/s1. The zero-order valence-electron chi connectivity index (χ0n) is 16.4. The Morgan fingerprint density at radius 2 is 1.56 bits per heavy atom. The second kappa shape index (κ2) is 9.43. The average molecular weight is 368 g/mol. The van der Waals surface area contributed by atoms with Crippen LogP contribution in [0.15, 0.2) is 47.1 Å². The fourth-order valence-electron chi connectivity index (χ4n) is 4.45. The van der Waals surface area contributed by atoms with Crippen LogP contribution >= 0.6 is 0 Å². The number of furan rings is 1. The maximum Gasteiger partial charge on any atom is 0.122 e. The molecule has 2 aliphatic rings. The van der Waals surface area contributed by atoms with Crippen LogP contribution < -0.4 is 10.2 Å². The summed E-state index contributed by atoms with van der Waals surface area (Å²) in [5, 5.41) is 3.67. The van der Waals surface area contributed by atoms with Crippen LogP contribution in [0.2, 0.25) is 0 Å². The van der Waals surface area contributed by atoms with Gasteiger partial charge in [-0.2, -0.15) is 0 Å². The average Bonchev–Trinajstić information content (AvgIpc) is 3.27. The number of rotatable bonds is 7. The summed E-state index contributed by atoms with van der Waals surface area (Å²) in [6.45, 7) is 6.61. The minimum Gasteiger partial charge on any atom is -0.468 e. The Kier molecular flexibility index (Phi) is 6.49. The molecule has 2 aromatic rings. The van der Waals surface area contributed by atoms with Crippen molar-refractivity contribution in [2.24, 2.45) is 0 Å². The van der Waals surface area contributed by atoms with E-state index in [0.29, 0.717) is 6.04 Å². The van der Waals surface area contributed by atoms with Crippen molar-refractivity contribution in [2.45, 2.75) is 51.1 Å². The third kappa shape index (κ3) is 4.94. The highest BCUT2D eigenvalue weighted by Crippen LogP contribution is 2.25. The van der Waals surface area contributed by atoms with E-state index in [1.165, 1.54) is 76.0 Å². The number of likely N-dealkylation sites (tertiary alicyclic amines) is 1. The molecule has 0 bridgehead atoms. The third-order valence-corrected chi connectivity index (χ3v) is 6.03. The zero-order chi connectivity index (χ0) is 18.3. The van der Waals surface area contributed by atoms with Gasteiger partial charge in [0, 0.05) is 31.9 Å². The van der Waals surface area contributed by atoms with Crippen molar-refractivity contribution in [1.29, 1.82) is 0 Å². The molecule has 2 saturated heterocycles. The summed E-state index contributed by atoms with van der Waals surface area (Å²) in [6.07, 6.45) is 9.79. The maximum absolute atomic E-state index is 5.75. The van der Waals surface area contributed by atoms with Gasteiger partial charge in [0.1, 0.15) is 5.76 Å². The maximum atomic E-state index is 5.75. The summed E-state index contributed by atoms with van der Waals surface area (Å²) in [7, 11) is 0. The normalized spacial score (nSPS) is 19.9. The molecule has 2 fully saturated rings. The molecule has 4 heteroatoms. The van der Waals surface area contributed by atoms with Crippen molar-refractivity contribution in [3.63, 3.8) is 0 Å². The molecule has 1 aromatic carbocycles. The molecular formula is C23H33N3O. The first-order valence-electron chi connectivity index (χ1n) is 10.7. The van der Waals surface area contributed by atoms with E-state index in [4.69, 9.17) is 4.42 Å². The summed E-state index contributed by atoms with van der Waals surface area (Å²) >= 11 is 0. The second-order valence-electron chi connectivity index (χ2n) is 7.97. The largest absolute Gasteiger partial charge is 0.468 e. The molecule has 146 valence electrons. The van der Waals surface area contributed by atoms with E-state index in [0.717, 1.165) is 18.8 Å². The van der Waals surface area contributed by atoms with Gasteiger partial charge < -0.3 is 14.6 Å². The van der Waals surface area contributed by atoms with Crippen LogP contribution in [0.5, 0.6) is 0 Å². The molecule has 0 aliphatic carbocycles. The molecule has 1 atom stereocenters. The zero-order valence-corrected chi connectivity index (χ0v) is 16.4. The van der Waals surface area contributed by atoms with Crippen molar-refractivity contribution in [3.05, 3.63) is 54.0 Å². The fourth-order valence-corrected chi connectivity index (χ4v) is 4.45. The molecule has 0 spiro atoms. The van der Waals surface area contributed by atoms with Crippen LogP contribution in [0.3, 0.4) is 0 Å². The quantitative estimate of drug-likeness (QED) is 0.776. The van der Waals surface area contributed by atoms with E-state index < -0.39 is 0 Å². The SMILES string of the molecule is c1coc([C@H](CNCc2ccc(N3CCCCC3)cc2)N2CCCCC2)c1. The van der Waals surface area contributed by atoms with Gasteiger partial charge in [-0.1, -0.05) is 18.6 Å². The number of hydrogen-bond donors (Lipinski definition) is 1. The van der Waals surface area contributed by atoms with Crippen molar-refractivity contribution < 1.29 is 4.42 Å². The minimum atomic E-state index is 0.341. The van der Waals surface area contributed by atoms with E-state index in [2.05, 4.69) is 45.4 Å². The van der Waals surface area contributed by atoms with Gasteiger partial charge in [-0.25, -0.2) is 0 Å². The van der Waals surface area contributed by atoms with Crippen molar-refractivity contribution in [3.8, 4) is 0 Å². The van der Waals surface area contributed by atoms with Gasteiger partial charge in [-0.15, -0.1) is 0 Å². The van der Waals surface area contributed by atoms with Crippen LogP contribution in [-0.2, 0) is 6.54 Å². The summed E-state index contributed by atoms with van der Waals surface area (Å²) in [6, 6.07) is 13.6. The molecule has 0 radical (unpaired) electrons. The first-order valence-corrected chi connectivity index (χ1v) is 10.7. The van der Waals surface area contributed by atoms with E-state index in [-0.39, 0.29) is 0 Å². The van der Waals surface area contributed by atoms with Crippen LogP contribution in [0, 0.1) is 0 Å². The molecule has 2 aliphatic heterocycles. The lowest BCUT2D eigenvalue weighted by atomic mass is 10.1. The van der Waals surface area contributed by atoms with Gasteiger partial charge in [-0.3, -0.25) is 4.90 Å². The Balaban J connectivity index is 1.31. The number of anilines is 1. The molecular weight excluding hydrogens is 334 g/mol. The van der Waals surface area contributed by atoms with Gasteiger partial charge in [-0.05, 0) is 75.0 Å². The first-order chi connectivity index (χ1) is 13.4. The molecule has 1 aromatic heterocycles. The van der Waals surface area contributed by atoms with Gasteiger partial charge in [0.15, 0.2) is 0 Å². The van der Waals surface area contributed by atoms with Gasteiger partial charge in [0.25, 0.3) is 0 Å². The van der Waals surface area contributed by atoms with Crippen molar-refractivity contribution in [2.75, 3.05) is 37.6 Å². The Morgan fingerprint density at radius 1 is 0.852 bits per heavy atom. The fraction of sp³-hybridized carbons (Fsp3) is 0.565. The summed E-state index contributed by atoms with van der Waals surface area (Å²) < 4.78 is 5.75. The van der Waals surface area contributed by atoms with Crippen molar-refractivity contribution in [1.82, 2.24) is 10.2 Å². The van der Waals surface area contributed by atoms with E-state index >= 15 is 0 Å². The molecule has 3 heterocycles. The predicted octanol–water partition coefficient (Wildman–Crippen LogP) is 4.59. The molecule has 4 rings (SSSR count). The second-order valence-corrected chi connectivity index (χ2v) is 7.97. The highest BCUT2D eigenvalue weighted by atomic mass is 16.3. The number of nitrogens with one attached hydrogen (secondary N) is 1. The lowest BCUT2D eigenvalue weighted by Gasteiger charge is -2.33. The van der Waals surface area contributed by atoms with Crippen LogP contribution in [-0.4, -0.2) is 37.6 Å². The summed E-state index contributed by atoms with van der Waals surface area (Å²) in [4.78, 5) is 5.10. The lowest BCUT2D eigenvalue weighted by molar-refractivity contribution is 0.142. The first kappa shape index (κ1) is 18.6. The van der Waals surface area contributed by atoms with E-state index in [9.17, 15) is 0 Å². The number of hydrogen-bond acceptors (Lipinski definition) is 4. The summed E-state index contributed by atoms with van der Waals surface area (Å²) in [5.74, 6) is 1.09. The van der Waals surface area contributed by atoms with Gasteiger partial charge in [0.2, 0.25) is 0 Å². The molecule has 0 amide bonds. The highest BCUT2D eigenvalue weighted by Gasteiger charge is 2.24. The topological polar surface area (TPSA) is 31.7 Å². The number of benzene rings is 1. The van der Waals surface area contributed by atoms with Crippen LogP contribution in [0.25, 0.3) is 0 Å². The van der Waals surface area contributed by atoms with E-state index in [1.54, 1.807) is 6.26 Å². The molecule has 0 saturated carbocycles. The van der Waals surface area contributed by atoms with Crippen LogP contribution in [0.1, 0.15) is 55.9 Å². The Morgan fingerprint density at radius 3 is 2.22 bits per heavy atom. The van der Waals surface area contributed by atoms with E-state index in [1.807, 2.05) is 6.07 Å². The molecule has 1 N–H and O–H groups in total. The smallest absolute Gasteiger partial charge is 0.122 e.